The standard InChI is InChI=1S/C31H41F3N4O5/c1-7-21-17-24(36-26-11-9-22(18-35-26)37-12-14-41-15-13-37)23-16-20(31(32,33)34)8-10-25(23)38(21)28(40)42-19-30(5,6)27(39)43-29(2,3)4/h8-11,16,18,21,24H,7,12-15,17,19H2,1-6H3,(H,35,36)/t21-,24+/m1/s1. The van der Waals surface area contributed by atoms with E-state index >= 15 is 0 Å². The van der Waals surface area contributed by atoms with Crippen molar-refractivity contribution in [2.45, 2.75) is 78.2 Å². The number of halogens is 3. The molecule has 1 saturated heterocycles. The Morgan fingerprint density at radius 1 is 1.07 bits per heavy atom. The summed E-state index contributed by atoms with van der Waals surface area (Å²) in [6.07, 6.45) is -2.73. The fraction of sp³-hybridized carbons (Fsp3) is 0.581. The number of fused-ring (bicyclic) bond motifs is 1. The first-order valence-electron chi connectivity index (χ1n) is 14.5. The van der Waals surface area contributed by atoms with Crippen LogP contribution in [0.4, 0.5) is 35.2 Å². The molecular weight excluding hydrogens is 565 g/mol. The van der Waals surface area contributed by atoms with E-state index in [9.17, 15) is 22.8 Å². The largest absolute Gasteiger partial charge is 0.459 e. The highest BCUT2D eigenvalue weighted by Gasteiger charge is 2.41. The Bertz CT molecular complexity index is 1290. The Kier molecular flexibility index (Phi) is 9.48. The average molecular weight is 607 g/mol. The zero-order chi connectivity index (χ0) is 31.6. The van der Waals surface area contributed by atoms with Crippen molar-refractivity contribution in [2.24, 2.45) is 5.41 Å². The van der Waals surface area contributed by atoms with Crippen LogP contribution in [0.3, 0.4) is 0 Å². The molecule has 1 N–H and O–H groups in total. The van der Waals surface area contributed by atoms with Gasteiger partial charge < -0.3 is 24.4 Å². The monoisotopic (exact) mass is 606 g/mol. The number of rotatable bonds is 7. The highest BCUT2D eigenvalue weighted by molar-refractivity contribution is 5.91. The zero-order valence-electron chi connectivity index (χ0n) is 25.6. The number of carbonyl (C=O) groups excluding carboxylic acids is 2. The van der Waals surface area contributed by atoms with Gasteiger partial charge in [-0.2, -0.15) is 13.2 Å². The number of benzene rings is 1. The predicted octanol–water partition coefficient (Wildman–Crippen LogP) is 6.58. The fourth-order valence-corrected chi connectivity index (χ4v) is 5.11. The van der Waals surface area contributed by atoms with Crippen LogP contribution in [0.1, 0.15) is 71.6 Å². The fourth-order valence-electron chi connectivity index (χ4n) is 5.11. The van der Waals surface area contributed by atoms with E-state index in [0.717, 1.165) is 30.9 Å². The minimum atomic E-state index is -4.57. The summed E-state index contributed by atoms with van der Waals surface area (Å²) >= 11 is 0. The van der Waals surface area contributed by atoms with Crippen molar-refractivity contribution >= 4 is 29.3 Å². The number of aromatic nitrogens is 1. The number of alkyl halides is 3. The van der Waals surface area contributed by atoms with Crippen molar-refractivity contribution in [1.29, 1.82) is 0 Å². The van der Waals surface area contributed by atoms with Gasteiger partial charge in [0.15, 0.2) is 0 Å². The third-order valence-electron chi connectivity index (χ3n) is 7.48. The van der Waals surface area contributed by atoms with Crippen molar-refractivity contribution in [2.75, 3.05) is 48.0 Å². The highest BCUT2D eigenvalue weighted by Crippen LogP contribution is 2.43. The molecule has 3 heterocycles. The molecule has 2 aliphatic heterocycles. The number of hydrogen-bond donors (Lipinski definition) is 1. The molecule has 1 amide bonds. The predicted molar refractivity (Wildman–Crippen MR) is 157 cm³/mol. The van der Waals surface area contributed by atoms with E-state index in [1.807, 2.05) is 13.0 Å². The second kappa shape index (κ2) is 12.6. The Morgan fingerprint density at radius 2 is 1.77 bits per heavy atom. The van der Waals surface area contributed by atoms with Crippen LogP contribution in [-0.4, -0.2) is 61.6 Å². The molecule has 0 saturated carbocycles. The van der Waals surface area contributed by atoms with Crippen molar-refractivity contribution < 1.29 is 37.0 Å². The van der Waals surface area contributed by atoms with Crippen LogP contribution in [0.15, 0.2) is 36.5 Å². The van der Waals surface area contributed by atoms with Crippen LogP contribution in [-0.2, 0) is 25.2 Å². The third-order valence-corrected chi connectivity index (χ3v) is 7.48. The molecule has 4 rings (SSSR count). The number of pyridine rings is 1. The maximum absolute atomic E-state index is 13.8. The van der Waals surface area contributed by atoms with Gasteiger partial charge in [-0.25, -0.2) is 9.78 Å². The normalized spacial score (nSPS) is 19.5. The number of nitrogens with one attached hydrogen (secondary N) is 1. The van der Waals surface area contributed by atoms with Crippen LogP contribution in [0.5, 0.6) is 0 Å². The molecule has 2 atom stereocenters. The van der Waals surface area contributed by atoms with E-state index in [1.54, 1.807) is 46.9 Å². The second-order valence-electron chi connectivity index (χ2n) is 12.6. The SMILES string of the molecule is CC[C@@H]1C[C@H](Nc2ccc(N3CCOCC3)cn2)c2cc(C(F)(F)F)ccc2N1C(=O)OCC(C)(C)C(=O)OC(C)(C)C. The van der Waals surface area contributed by atoms with Gasteiger partial charge in [0, 0.05) is 19.1 Å². The Balaban J connectivity index is 1.59. The van der Waals surface area contributed by atoms with Crippen LogP contribution in [0.2, 0.25) is 0 Å². The van der Waals surface area contributed by atoms with Gasteiger partial charge in [0.25, 0.3) is 0 Å². The molecule has 2 aliphatic rings. The summed E-state index contributed by atoms with van der Waals surface area (Å²) in [5, 5.41) is 3.30. The quantitative estimate of drug-likeness (QED) is 0.353. The van der Waals surface area contributed by atoms with Crippen molar-refractivity contribution in [3.05, 3.63) is 47.7 Å². The topological polar surface area (TPSA) is 93.2 Å². The van der Waals surface area contributed by atoms with Gasteiger partial charge in [-0.15, -0.1) is 0 Å². The average Bonchev–Trinajstić information content (AvgIpc) is 2.95. The number of nitrogens with zero attached hydrogens (tertiary/aromatic N) is 3. The molecule has 0 unspecified atom stereocenters. The molecular formula is C31H41F3N4O5. The number of esters is 1. The first-order valence-corrected chi connectivity index (χ1v) is 14.5. The van der Waals surface area contributed by atoms with Crippen molar-refractivity contribution in [3.8, 4) is 0 Å². The molecule has 12 heteroatoms. The van der Waals surface area contributed by atoms with Crippen molar-refractivity contribution in [1.82, 2.24) is 4.98 Å². The lowest BCUT2D eigenvalue weighted by Gasteiger charge is -2.41. The first-order chi connectivity index (χ1) is 20.1. The molecule has 0 spiro atoms. The maximum atomic E-state index is 13.8. The smallest absolute Gasteiger partial charge is 0.416 e. The molecule has 0 bridgehead atoms. The van der Waals surface area contributed by atoms with E-state index < -0.39 is 40.9 Å². The highest BCUT2D eigenvalue weighted by atomic mass is 19.4. The lowest BCUT2D eigenvalue weighted by Crippen LogP contribution is -2.47. The van der Waals surface area contributed by atoms with Gasteiger partial charge in [-0.1, -0.05) is 6.92 Å². The number of carbonyl (C=O) groups is 2. The summed E-state index contributed by atoms with van der Waals surface area (Å²) in [7, 11) is 0. The Labute approximate surface area is 250 Å². The summed E-state index contributed by atoms with van der Waals surface area (Å²) in [6.45, 7) is 12.9. The molecule has 9 nitrogen and oxygen atoms in total. The van der Waals surface area contributed by atoms with Crippen LogP contribution in [0.25, 0.3) is 0 Å². The molecule has 0 aliphatic carbocycles. The van der Waals surface area contributed by atoms with Gasteiger partial charge in [-0.05, 0) is 83.4 Å². The Hall–Kier alpha value is -3.54. The minimum Gasteiger partial charge on any atom is -0.459 e. The zero-order valence-corrected chi connectivity index (χ0v) is 25.6. The second-order valence-corrected chi connectivity index (χ2v) is 12.6. The van der Waals surface area contributed by atoms with E-state index in [-0.39, 0.29) is 12.6 Å². The summed E-state index contributed by atoms with van der Waals surface area (Å²) in [5.41, 5.74) is -1.11. The van der Waals surface area contributed by atoms with Crippen LogP contribution >= 0.6 is 0 Å². The molecule has 1 aromatic carbocycles. The molecule has 1 fully saturated rings. The number of anilines is 3. The summed E-state index contributed by atoms with van der Waals surface area (Å²) in [5.74, 6) is -0.0135. The number of hydrogen-bond acceptors (Lipinski definition) is 8. The van der Waals surface area contributed by atoms with E-state index in [1.165, 1.54) is 11.0 Å². The number of ether oxygens (including phenoxy) is 3. The molecule has 1 aromatic heterocycles. The van der Waals surface area contributed by atoms with E-state index in [0.29, 0.717) is 43.1 Å². The molecule has 0 radical (unpaired) electrons. The summed E-state index contributed by atoms with van der Waals surface area (Å²) in [6, 6.07) is 6.14. The molecule has 236 valence electrons. The molecule has 2 aromatic rings. The van der Waals surface area contributed by atoms with Gasteiger partial charge in [-0.3, -0.25) is 9.69 Å². The Morgan fingerprint density at radius 3 is 2.35 bits per heavy atom. The van der Waals surface area contributed by atoms with Gasteiger partial charge >= 0.3 is 18.2 Å². The summed E-state index contributed by atoms with van der Waals surface area (Å²) in [4.78, 5) is 34.3. The van der Waals surface area contributed by atoms with Gasteiger partial charge in [0.05, 0.1) is 47.8 Å². The van der Waals surface area contributed by atoms with E-state index in [2.05, 4.69) is 15.2 Å². The first kappa shape index (κ1) is 32.4. The van der Waals surface area contributed by atoms with Crippen molar-refractivity contribution in [3.63, 3.8) is 0 Å². The molecule has 43 heavy (non-hydrogen) atoms. The number of amides is 1. The lowest BCUT2D eigenvalue weighted by molar-refractivity contribution is -0.167. The van der Waals surface area contributed by atoms with E-state index in [4.69, 9.17) is 14.2 Å². The van der Waals surface area contributed by atoms with Crippen LogP contribution < -0.4 is 15.1 Å². The summed E-state index contributed by atoms with van der Waals surface area (Å²) < 4.78 is 57.8. The maximum Gasteiger partial charge on any atom is 0.416 e. The van der Waals surface area contributed by atoms with Crippen LogP contribution in [0, 0.1) is 5.41 Å². The minimum absolute atomic E-state index is 0.259. The van der Waals surface area contributed by atoms with Gasteiger partial charge in [0.2, 0.25) is 0 Å². The lowest BCUT2D eigenvalue weighted by atomic mass is 9.88. The number of morpholine rings is 1. The third kappa shape index (κ3) is 7.90. The van der Waals surface area contributed by atoms with Gasteiger partial charge in [0.1, 0.15) is 18.0 Å².